The van der Waals surface area contributed by atoms with E-state index in [9.17, 15) is 8.42 Å². The molecule has 1 aromatic rings. The van der Waals surface area contributed by atoms with Gasteiger partial charge in [-0.25, -0.2) is 8.42 Å². The third kappa shape index (κ3) is 3.38. The van der Waals surface area contributed by atoms with Gasteiger partial charge in [0, 0.05) is 11.9 Å². The first-order valence-electron chi connectivity index (χ1n) is 3.67. The average Bonchev–Trinajstić information content (AvgIpc) is 2.04. The molecule has 5 heteroatoms. The molecule has 1 rings (SSSR count). The molecule has 0 aromatic heterocycles. The Morgan fingerprint density at radius 1 is 1.23 bits per heavy atom. The highest BCUT2D eigenvalue weighted by Gasteiger charge is 2.11. The Kier molecular flexibility index (Phi) is 3.35. The second-order valence-electron chi connectivity index (χ2n) is 2.58. The first kappa shape index (κ1) is 10.6. The van der Waals surface area contributed by atoms with Crippen molar-refractivity contribution in [2.75, 3.05) is 13.3 Å². The van der Waals surface area contributed by atoms with Crippen LogP contribution < -0.4 is 0 Å². The van der Waals surface area contributed by atoms with Crippen molar-refractivity contribution in [3.05, 3.63) is 30.3 Å². The fraction of sp³-hybridized carbons (Fsp3) is 0.250. The Hall–Kier alpha value is -0.520. The summed E-state index contributed by atoms with van der Waals surface area (Å²) in [5.74, 6) is 0. The zero-order valence-corrected chi connectivity index (χ0v) is 9.10. The summed E-state index contributed by atoms with van der Waals surface area (Å²) < 4.78 is 23.3. The van der Waals surface area contributed by atoms with Crippen molar-refractivity contribution in [1.82, 2.24) is 3.71 Å². The number of rotatable bonds is 3. The maximum absolute atomic E-state index is 11.0. The molecular formula is C8H11NO2S2. The van der Waals surface area contributed by atoms with Crippen molar-refractivity contribution >= 4 is 22.0 Å². The molecule has 0 saturated carbocycles. The summed E-state index contributed by atoms with van der Waals surface area (Å²) in [5, 5.41) is 0. The van der Waals surface area contributed by atoms with Crippen LogP contribution >= 0.6 is 11.9 Å². The van der Waals surface area contributed by atoms with E-state index in [4.69, 9.17) is 0 Å². The van der Waals surface area contributed by atoms with Gasteiger partial charge in [-0.3, -0.25) is 0 Å². The lowest BCUT2D eigenvalue weighted by Crippen LogP contribution is -2.17. The quantitative estimate of drug-likeness (QED) is 0.721. The van der Waals surface area contributed by atoms with Crippen molar-refractivity contribution in [3.63, 3.8) is 0 Å². The Morgan fingerprint density at radius 2 is 1.77 bits per heavy atom. The summed E-state index contributed by atoms with van der Waals surface area (Å²) >= 11 is 1.20. The molecule has 0 amide bonds. The van der Waals surface area contributed by atoms with Crippen LogP contribution in [0.25, 0.3) is 0 Å². The van der Waals surface area contributed by atoms with Crippen LogP contribution in [-0.4, -0.2) is 25.4 Å². The summed E-state index contributed by atoms with van der Waals surface area (Å²) in [6.07, 6.45) is 1.18. The first-order chi connectivity index (χ1) is 6.00. The van der Waals surface area contributed by atoms with Gasteiger partial charge in [-0.15, -0.1) is 3.71 Å². The van der Waals surface area contributed by atoms with Crippen molar-refractivity contribution in [2.24, 2.45) is 0 Å². The monoisotopic (exact) mass is 217 g/mol. The van der Waals surface area contributed by atoms with Crippen LogP contribution in [0.5, 0.6) is 0 Å². The third-order valence-corrected chi connectivity index (χ3v) is 4.15. The molecule has 0 saturated heterocycles. The maximum atomic E-state index is 11.0. The van der Waals surface area contributed by atoms with E-state index >= 15 is 0 Å². The van der Waals surface area contributed by atoms with Gasteiger partial charge in [0.2, 0.25) is 10.0 Å². The van der Waals surface area contributed by atoms with Gasteiger partial charge in [0.25, 0.3) is 0 Å². The molecule has 0 fully saturated rings. The molecule has 0 aliphatic heterocycles. The van der Waals surface area contributed by atoms with Crippen LogP contribution in [0, 0.1) is 0 Å². The van der Waals surface area contributed by atoms with E-state index in [2.05, 4.69) is 0 Å². The van der Waals surface area contributed by atoms with Gasteiger partial charge in [-0.1, -0.05) is 18.2 Å². The van der Waals surface area contributed by atoms with Crippen LogP contribution in [0.4, 0.5) is 0 Å². The van der Waals surface area contributed by atoms with Gasteiger partial charge < -0.3 is 0 Å². The standard InChI is InChI=1S/C8H11NO2S2/c1-9(13(2,10)11)12-8-6-4-3-5-7-8/h3-7H,1-2H3. The van der Waals surface area contributed by atoms with Crippen molar-refractivity contribution in [3.8, 4) is 0 Å². The van der Waals surface area contributed by atoms with Gasteiger partial charge in [-0.05, 0) is 24.1 Å². The minimum Gasteiger partial charge on any atom is -0.212 e. The fourth-order valence-corrected chi connectivity index (χ4v) is 2.07. The molecule has 0 unspecified atom stereocenters. The van der Waals surface area contributed by atoms with Gasteiger partial charge in [-0.2, -0.15) is 0 Å². The Morgan fingerprint density at radius 3 is 2.23 bits per heavy atom. The molecule has 72 valence electrons. The summed E-state index contributed by atoms with van der Waals surface area (Å²) in [4.78, 5) is 0.912. The van der Waals surface area contributed by atoms with Gasteiger partial charge in [0.1, 0.15) is 0 Å². The predicted octanol–water partition coefficient (Wildman–Crippen LogP) is 1.59. The summed E-state index contributed by atoms with van der Waals surface area (Å²) in [6.45, 7) is 0. The van der Waals surface area contributed by atoms with Crippen LogP contribution in [0.3, 0.4) is 0 Å². The Labute approximate surface area is 82.9 Å². The largest absolute Gasteiger partial charge is 0.220 e. The minimum absolute atomic E-state index is 0.912. The molecule has 0 atom stereocenters. The Bertz CT molecular complexity index is 361. The molecule has 0 bridgehead atoms. The van der Waals surface area contributed by atoms with E-state index in [1.165, 1.54) is 29.0 Å². The number of hydrogen-bond donors (Lipinski definition) is 0. The molecule has 0 heterocycles. The zero-order valence-electron chi connectivity index (χ0n) is 7.47. The maximum Gasteiger partial charge on any atom is 0.220 e. The molecule has 0 spiro atoms. The topological polar surface area (TPSA) is 37.4 Å². The molecule has 0 radical (unpaired) electrons. The second kappa shape index (κ2) is 4.13. The molecule has 0 N–H and O–H groups in total. The SMILES string of the molecule is CN(Sc1ccccc1)S(C)(=O)=O. The summed E-state index contributed by atoms with van der Waals surface area (Å²) in [6, 6.07) is 9.38. The van der Waals surface area contributed by atoms with Crippen molar-refractivity contribution in [1.29, 1.82) is 0 Å². The van der Waals surface area contributed by atoms with E-state index < -0.39 is 10.0 Å². The second-order valence-corrected chi connectivity index (χ2v) is 6.02. The van der Waals surface area contributed by atoms with E-state index in [1.54, 1.807) is 0 Å². The van der Waals surface area contributed by atoms with Crippen LogP contribution in [0.2, 0.25) is 0 Å². The molecule has 13 heavy (non-hydrogen) atoms. The highest BCUT2D eigenvalue weighted by Crippen LogP contribution is 2.22. The van der Waals surface area contributed by atoms with Crippen LogP contribution in [0.1, 0.15) is 0 Å². The molecule has 1 aromatic carbocycles. The van der Waals surface area contributed by atoms with Gasteiger partial charge in [0.15, 0.2) is 0 Å². The van der Waals surface area contributed by atoms with Crippen molar-refractivity contribution in [2.45, 2.75) is 4.90 Å². The number of sulfonamides is 1. The lowest BCUT2D eigenvalue weighted by Gasteiger charge is -2.11. The normalized spacial score (nSPS) is 11.9. The molecule has 0 aliphatic carbocycles. The zero-order chi connectivity index (χ0) is 9.90. The lowest BCUT2D eigenvalue weighted by atomic mass is 10.4. The van der Waals surface area contributed by atoms with E-state index in [0.29, 0.717) is 0 Å². The lowest BCUT2D eigenvalue weighted by molar-refractivity contribution is 0.571. The minimum atomic E-state index is -3.10. The highest BCUT2D eigenvalue weighted by atomic mass is 32.3. The van der Waals surface area contributed by atoms with E-state index in [-0.39, 0.29) is 0 Å². The summed E-state index contributed by atoms with van der Waals surface area (Å²) in [7, 11) is -1.57. The number of hydrogen-bond acceptors (Lipinski definition) is 3. The van der Waals surface area contributed by atoms with Crippen LogP contribution in [-0.2, 0) is 10.0 Å². The number of nitrogens with zero attached hydrogens (tertiary/aromatic N) is 1. The predicted molar refractivity (Wildman–Crippen MR) is 54.9 cm³/mol. The third-order valence-electron chi connectivity index (χ3n) is 1.44. The highest BCUT2D eigenvalue weighted by molar-refractivity contribution is 8.08. The summed E-state index contributed by atoms with van der Waals surface area (Å²) in [5.41, 5.74) is 0. The van der Waals surface area contributed by atoms with Crippen molar-refractivity contribution < 1.29 is 8.42 Å². The molecule has 3 nitrogen and oxygen atoms in total. The smallest absolute Gasteiger partial charge is 0.212 e. The fourth-order valence-electron chi connectivity index (χ4n) is 0.697. The molecular weight excluding hydrogens is 206 g/mol. The van der Waals surface area contributed by atoms with E-state index in [0.717, 1.165) is 4.90 Å². The molecule has 0 aliphatic rings. The number of benzene rings is 1. The average molecular weight is 217 g/mol. The van der Waals surface area contributed by atoms with Gasteiger partial charge in [0.05, 0.1) is 6.26 Å². The van der Waals surface area contributed by atoms with Crippen LogP contribution in [0.15, 0.2) is 35.2 Å². The van der Waals surface area contributed by atoms with E-state index in [1.807, 2.05) is 30.3 Å². The van der Waals surface area contributed by atoms with Gasteiger partial charge >= 0.3 is 0 Å². The first-order valence-corrected chi connectivity index (χ1v) is 6.29. The Balaban J connectivity index is 2.72.